The molecule has 0 fully saturated rings. The van der Waals surface area contributed by atoms with Crippen LogP contribution in [0.3, 0.4) is 0 Å². The fourth-order valence-corrected chi connectivity index (χ4v) is 4.12. The highest BCUT2D eigenvalue weighted by atomic mass is 19.1. The number of carbonyl (C=O) groups is 1. The Labute approximate surface area is 186 Å². The van der Waals surface area contributed by atoms with Crippen LogP contribution in [0.25, 0.3) is 0 Å². The molecular weight excluding hydrogens is 411 g/mol. The molecule has 1 aliphatic rings. The molecule has 0 bridgehead atoms. The van der Waals surface area contributed by atoms with E-state index < -0.39 is 6.04 Å². The van der Waals surface area contributed by atoms with Crippen molar-refractivity contribution in [1.82, 2.24) is 25.1 Å². The SMILES string of the molecule is CCN1C[C@H](CN(C)C(=O)[C@H](Cc2cccc(F)c2)n2nnnc2C)Oc2ccccc21. The summed E-state index contributed by atoms with van der Waals surface area (Å²) in [6.07, 6.45) is 0.103. The number of amides is 1. The van der Waals surface area contributed by atoms with E-state index in [1.165, 1.54) is 16.8 Å². The number of ether oxygens (including phenoxy) is 1. The number of aryl methyl sites for hydroxylation is 1. The molecule has 1 aromatic heterocycles. The number of anilines is 1. The molecular formula is C23H27FN6O2. The number of hydrogen-bond acceptors (Lipinski definition) is 6. The average Bonchev–Trinajstić information content (AvgIpc) is 3.22. The van der Waals surface area contributed by atoms with E-state index in [2.05, 4.69) is 27.3 Å². The monoisotopic (exact) mass is 438 g/mol. The molecule has 0 spiro atoms. The van der Waals surface area contributed by atoms with E-state index in [0.717, 1.165) is 18.0 Å². The van der Waals surface area contributed by atoms with Gasteiger partial charge in [-0.15, -0.1) is 5.10 Å². The van der Waals surface area contributed by atoms with Crippen LogP contribution < -0.4 is 9.64 Å². The molecule has 0 aliphatic carbocycles. The molecule has 0 saturated heterocycles. The van der Waals surface area contributed by atoms with Crippen molar-refractivity contribution in [2.45, 2.75) is 32.4 Å². The molecule has 3 aromatic rings. The van der Waals surface area contributed by atoms with Crippen LogP contribution >= 0.6 is 0 Å². The smallest absolute Gasteiger partial charge is 0.247 e. The fourth-order valence-electron chi connectivity index (χ4n) is 4.12. The van der Waals surface area contributed by atoms with Crippen LogP contribution in [-0.4, -0.2) is 63.8 Å². The van der Waals surface area contributed by atoms with Crippen LogP contribution in [0.15, 0.2) is 48.5 Å². The van der Waals surface area contributed by atoms with Crippen molar-refractivity contribution in [2.75, 3.05) is 31.6 Å². The summed E-state index contributed by atoms with van der Waals surface area (Å²) in [5.74, 6) is 0.840. The minimum Gasteiger partial charge on any atom is -0.485 e. The van der Waals surface area contributed by atoms with Gasteiger partial charge in [0.1, 0.15) is 29.5 Å². The summed E-state index contributed by atoms with van der Waals surface area (Å²) in [5, 5.41) is 11.6. The number of para-hydroxylation sites is 2. The third-order valence-electron chi connectivity index (χ3n) is 5.71. The molecule has 0 N–H and O–H groups in total. The van der Waals surface area contributed by atoms with Gasteiger partial charge < -0.3 is 14.5 Å². The Kier molecular flexibility index (Phi) is 6.34. The predicted octanol–water partition coefficient (Wildman–Crippen LogP) is 2.65. The minimum absolute atomic E-state index is 0.157. The van der Waals surface area contributed by atoms with E-state index in [1.54, 1.807) is 31.0 Å². The van der Waals surface area contributed by atoms with Gasteiger partial charge in [0.15, 0.2) is 0 Å². The van der Waals surface area contributed by atoms with Crippen molar-refractivity contribution < 1.29 is 13.9 Å². The highest BCUT2D eigenvalue weighted by Crippen LogP contribution is 2.33. The molecule has 1 amide bonds. The second-order valence-corrected chi connectivity index (χ2v) is 7.99. The third kappa shape index (κ3) is 4.56. The van der Waals surface area contributed by atoms with E-state index in [4.69, 9.17) is 4.74 Å². The molecule has 32 heavy (non-hydrogen) atoms. The second kappa shape index (κ2) is 9.33. The van der Waals surface area contributed by atoms with Crippen molar-refractivity contribution in [2.24, 2.45) is 0 Å². The van der Waals surface area contributed by atoms with Crippen molar-refractivity contribution in [3.05, 3.63) is 65.7 Å². The normalized spacial score (nSPS) is 16.2. The zero-order valence-electron chi connectivity index (χ0n) is 18.5. The highest BCUT2D eigenvalue weighted by Gasteiger charge is 2.31. The molecule has 168 valence electrons. The van der Waals surface area contributed by atoms with Gasteiger partial charge in [-0.3, -0.25) is 4.79 Å². The Balaban J connectivity index is 1.53. The molecule has 1 aliphatic heterocycles. The van der Waals surface area contributed by atoms with Crippen LogP contribution in [0.4, 0.5) is 10.1 Å². The van der Waals surface area contributed by atoms with E-state index in [0.29, 0.717) is 24.5 Å². The maximum absolute atomic E-state index is 13.7. The molecule has 2 aromatic carbocycles. The first-order valence-corrected chi connectivity index (χ1v) is 10.7. The molecule has 9 heteroatoms. The number of carbonyl (C=O) groups excluding carboxylic acids is 1. The number of halogens is 1. The van der Waals surface area contributed by atoms with E-state index in [9.17, 15) is 9.18 Å². The van der Waals surface area contributed by atoms with Gasteiger partial charge in [0.2, 0.25) is 5.91 Å². The minimum atomic E-state index is -0.685. The van der Waals surface area contributed by atoms with Gasteiger partial charge in [0, 0.05) is 20.0 Å². The number of nitrogens with zero attached hydrogens (tertiary/aromatic N) is 6. The van der Waals surface area contributed by atoms with Crippen LogP contribution in [0, 0.1) is 12.7 Å². The zero-order valence-corrected chi connectivity index (χ0v) is 18.5. The first-order chi connectivity index (χ1) is 15.5. The lowest BCUT2D eigenvalue weighted by molar-refractivity contribution is -0.134. The average molecular weight is 439 g/mol. The number of benzene rings is 2. The van der Waals surface area contributed by atoms with Gasteiger partial charge in [-0.1, -0.05) is 24.3 Å². The van der Waals surface area contributed by atoms with Gasteiger partial charge in [-0.05, 0) is 54.1 Å². The first kappa shape index (κ1) is 21.7. The molecule has 2 heterocycles. The van der Waals surface area contributed by atoms with E-state index >= 15 is 0 Å². The Bertz CT molecular complexity index is 1090. The van der Waals surface area contributed by atoms with Gasteiger partial charge in [-0.2, -0.15) is 0 Å². The molecule has 4 rings (SSSR count). The van der Waals surface area contributed by atoms with Crippen molar-refractivity contribution in [1.29, 1.82) is 0 Å². The van der Waals surface area contributed by atoms with Crippen molar-refractivity contribution in [3.8, 4) is 5.75 Å². The second-order valence-electron chi connectivity index (χ2n) is 7.99. The van der Waals surface area contributed by atoms with Crippen LogP contribution in [0.1, 0.15) is 24.4 Å². The maximum atomic E-state index is 13.7. The predicted molar refractivity (Wildman–Crippen MR) is 118 cm³/mol. The summed E-state index contributed by atoms with van der Waals surface area (Å²) in [6.45, 7) is 5.78. The van der Waals surface area contributed by atoms with Gasteiger partial charge in [0.05, 0.1) is 18.8 Å². The number of tetrazole rings is 1. The van der Waals surface area contributed by atoms with E-state index in [1.807, 2.05) is 24.3 Å². The van der Waals surface area contributed by atoms with Crippen molar-refractivity contribution >= 4 is 11.6 Å². The van der Waals surface area contributed by atoms with Crippen LogP contribution in [-0.2, 0) is 11.2 Å². The largest absolute Gasteiger partial charge is 0.485 e. The third-order valence-corrected chi connectivity index (χ3v) is 5.71. The summed E-state index contributed by atoms with van der Waals surface area (Å²) in [7, 11) is 1.75. The molecule has 8 nitrogen and oxygen atoms in total. The topological polar surface area (TPSA) is 76.4 Å². The lowest BCUT2D eigenvalue weighted by Gasteiger charge is -2.37. The van der Waals surface area contributed by atoms with Crippen LogP contribution in [0.2, 0.25) is 0 Å². The Morgan fingerprint density at radius 2 is 2.09 bits per heavy atom. The number of rotatable bonds is 7. The summed E-state index contributed by atoms with van der Waals surface area (Å²) in [5.41, 5.74) is 1.76. The summed E-state index contributed by atoms with van der Waals surface area (Å²) < 4.78 is 21.4. The molecule has 0 radical (unpaired) electrons. The van der Waals surface area contributed by atoms with Gasteiger partial charge >= 0.3 is 0 Å². The molecule has 0 unspecified atom stereocenters. The lowest BCUT2D eigenvalue weighted by Crippen LogP contribution is -2.48. The number of hydrogen-bond donors (Lipinski definition) is 0. The molecule has 0 saturated carbocycles. The quantitative estimate of drug-likeness (QED) is 0.565. The highest BCUT2D eigenvalue weighted by molar-refractivity contribution is 5.80. The molecule has 2 atom stereocenters. The Morgan fingerprint density at radius 3 is 2.81 bits per heavy atom. The fraction of sp³-hybridized carbons (Fsp3) is 0.391. The number of fused-ring (bicyclic) bond motifs is 1. The standard InChI is InChI=1S/C23H27FN6O2/c1-4-29-15-19(32-22-11-6-5-10-20(22)29)14-28(3)23(31)21(30-16(2)25-26-27-30)13-17-8-7-9-18(24)12-17/h5-12,19,21H,4,13-15H2,1-3H3/t19-,21-/m0/s1. The van der Waals surface area contributed by atoms with Gasteiger partial charge in [-0.25, -0.2) is 9.07 Å². The lowest BCUT2D eigenvalue weighted by atomic mass is 10.0. The summed E-state index contributed by atoms with van der Waals surface area (Å²) in [4.78, 5) is 17.4. The maximum Gasteiger partial charge on any atom is 0.247 e. The first-order valence-electron chi connectivity index (χ1n) is 10.7. The van der Waals surface area contributed by atoms with E-state index in [-0.39, 0.29) is 24.2 Å². The van der Waals surface area contributed by atoms with Gasteiger partial charge in [0.25, 0.3) is 0 Å². The summed E-state index contributed by atoms with van der Waals surface area (Å²) in [6, 6.07) is 13.5. The Morgan fingerprint density at radius 1 is 1.28 bits per heavy atom. The summed E-state index contributed by atoms with van der Waals surface area (Å²) >= 11 is 0. The number of likely N-dealkylation sites (N-methyl/N-ethyl adjacent to an activating group) is 2. The van der Waals surface area contributed by atoms with Crippen LogP contribution in [0.5, 0.6) is 5.75 Å². The Hall–Kier alpha value is -3.49. The van der Waals surface area contributed by atoms with Crippen molar-refractivity contribution in [3.63, 3.8) is 0 Å². The number of aromatic nitrogens is 4. The zero-order chi connectivity index (χ0) is 22.7.